The molecule has 0 aromatic carbocycles. The predicted octanol–water partition coefficient (Wildman–Crippen LogP) is 6.42. The summed E-state index contributed by atoms with van der Waals surface area (Å²) in [7, 11) is 0. The molecule has 18 heavy (non-hydrogen) atoms. The zero-order chi connectivity index (χ0) is 13.3. The van der Waals surface area contributed by atoms with Gasteiger partial charge in [-0.15, -0.1) is 0 Å². The minimum Gasteiger partial charge on any atom is -0.0714 e. The largest absolute Gasteiger partial charge is 0.0714 e. The van der Waals surface area contributed by atoms with Crippen LogP contribution in [-0.4, -0.2) is 0 Å². The minimum absolute atomic E-state index is 0.347. The van der Waals surface area contributed by atoms with Crippen LogP contribution in [0, 0.1) is 17.3 Å². The van der Waals surface area contributed by atoms with Gasteiger partial charge in [-0.05, 0) is 97.8 Å². The third-order valence-electron chi connectivity index (χ3n) is 4.48. The molecule has 0 bridgehead atoms. The molecule has 0 radical (unpaired) electrons. The van der Waals surface area contributed by atoms with Gasteiger partial charge >= 0.3 is 0 Å². The van der Waals surface area contributed by atoms with Gasteiger partial charge in [0.05, 0.1) is 0 Å². The molecule has 0 aromatic heterocycles. The Morgan fingerprint density at radius 3 is 2.89 bits per heavy atom. The lowest BCUT2D eigenvalue weighted by Crippen LogP contribution is -2.23. The number of rotatable bonds is 2. The van der Waals surface area contributed by atoms with Crippen LogP contribution >= 0.6 is 45.2 Å². The molecule has 2 atom stereocenters. The number of halogens is 2. The summed E-state index contributed by atoms with van der Waals surface area (Å²) in [6.45, 7) is 7.08. The van der Waals surface area contributed by atoms with Gasteiger partial charge in [-0.25, -0.2) is 0 Å². The average Bonchev–Trinajstić information content (AvgIpc) is 2.52. The smallest absolute Gasteiger partial charge is 0.00896 e. The Balaban J connectivity index is 2.29. The molecule has 0 heterocycles. The lowest BCUT2D eigenvalue weighted by Gasteiger charge is -2.32. The van der Waals surface area contributed by atoms with Crippen LogP contribution in [0.5, 0.6) is 0 Å². The summed E-state index contributed by atoms with van der Waals surface area (Å²) >= 11 is 5.00. The van der Waals surface area contributed by atoms with E-state index in [0.717, 1.165) is 18.3 Å². The maximum absolute atomic E-state index is 2.55. The van der Waals surface area contributed by atoms with Crippen molar-refractivity contribution in [3.05, 3.63) is 31.0 Å². The predicted molar refractivity (Wildman–Crippen MR) is 97.2 cm³/mol. The van der Waals surface area contributed by atoms with Gasteiger partial charge in [-0.1, -0.05) is 38.5 Å². The third-order valence-corrected chi connectivity index (χ3v) is 6.13. The third kappa shape index (κ3) is 3.05. The van der Waals surface area contributed by atoms with Crippen molar-refractivity contribution in [2.75, 3.05) is 0 Å². The summed E-state index contributed by atoms with van der Waals surface area (Å²) in [6.07, 6.45) is 12.4. The van der Waals surface area contributed by atoms with Crippen molar-refractivity contribution in [1.82, 2.24) is 0 Å². The van der Waals surface area contributed by atoms with E-state index in [4.69, 9.17) is 0 Å². The highest BCUT2D eigenvalue weighted by molar-refractivity contribution is 14.1. The first kappa shape index (κ1) is 15.1. The molecule has 0 aliphatic heterocycles. The first-order chi connectivity index (χ1) is 8.45. The van der Waals surface area contributed by atoms with Gasteiger partial charge in [-0.2, -0.15) is 0 Å². The Hall–Kier alpha value is 0.680. The highest BCUT2D eigenvalue weighted by Crippen LogP contribution is 2.55. The van der Waals surface area contributed by atoms with Crippen molar-refractivity contribution in [3.8, 4) is 0 Å². The molecule has 2 unspecified atom stereocenters. The highest BCUT2D eigenvalue weighted by atomic mass is 127. The van der Waals surface area contributed by atoms with Crippen LogP contribution in [-0.2, 0) is 0 Å². The quantitative estimate of drug-likeness (QED) is 0.411. The lowest BCUT2D eigenvalue weighted by atomic mass is 9.74. The number of hydrogen-bond acceptors (Lipinski definition) is 0. The molecule has 0 amide bonds. The number of allylic oxidation sites excluding steroid dienone is 6. The number of hydrogen-bond donors (Lipinski definition) is 0. The van der Waals surface area contributed by atoms with E-state index in [1.807, 2.05) is 0 Å². The van der Waals surface area contributed by atoms with Crippen molar-refractivity contribution in [2.24, 2.45) is 17.3 Å². The van der Waals surface area contributed by atoms with Gasteiger partial charge in [0.25, 0.3) is 0 Å². The summed E-state index contributed by atoms with van der Waals surface area (Å²) in [4.78, 5) is 0. The van der Waals surface area contributed by atoms with Gasteiger partial charge in [0, 0.05) is 3.58 Å². The zero-order valence-corrected chi connectivity index (χ0v) is 15.8. The minimum atomic E-state index is 0.347. The van der Waals surface area contributed by atoms with E-state index in [-0.39, 0.29) is 0 Å². The SMILES string of the molecule is CC/C=C(I)\C=C1/CC2CCC(I)=CC2C1(C)C. The Bertz CT molecular complexity index is 413. The summed E-state index contributed by atoms with van der Waals surface area (Å²) < 4.78 is 2.98. The van der Waals surface area contributed by atoms with Crippen molar-refractivity contribution in [2.45, 2.75) is 46.5 Å². The number of fused-ring (bicyclic) bond motifs is 1. The van der Waals surface area contributed by atoms with Crippen molar-refractivity contribution < 1.29 is 0 Å². The molecule has 100 valence electrons. The molecule has 2 aliphatic rings. The van der Waals surface area contributed by atoms with Crippen LogP contribution < -0.4 is 0 Å². The lowest BCUT2D eigenvalue weighted by molar-refractivity contribution is 0.280. The maximum atomic E-state index is 2.55. The Morgan fingerprint density at radius 2 is 2.22 bits per heavy atom. The van der Waals surface area contributed by atoms with Crippen LogP contribution in [0.25, 0.3) is 0 Å². The molecule has 0 saturated heterocycles. The maximum Gasteiger partial charge on any atom is 0.00896 e. The topological polar surface area (TPSA) is 0 Å². The summed E-state index contributed by atoms with van der Waals surface area (Å²) in [5.74, 6) is 1.64. The van der Waals surface area contributed by atoms with E-state index in [1.54, 1.807) is 9.15 Å². The first-order valence-electron chi connectivity index (χ1n) is 6.88. The van der Waals surface area contributed by atoms with E-state index >= 15 is 0 Å². The molecule has 1 fully saturated rings. The molecular formula is C16H22I2. The Morgan fingerprint density at radius 1 is 1.50 bits per heavy atom. The molecule has 2 aliphatic carbocycles. The van der Waals surface area contributed by atoms with Gasteiger partial charge in [0.2, 0.25) is 0 Å². The van der Waals surface area contributed by atoms with Gasteiger partial charge < -0.3 is 0 Å². The standard InChI is InChI=1S/C16H22I2/c1-4-5-13(17)9-12-8-11-6-7-14(18)10-15(11)16(12,2)3/h5,9-11,15H,4,6-8H2,1-3H3/b12-9+,13-5+. The second-order valence-corrected chi connectivity index (χ2v) is 8.66. The van der Waals surface area contributed by atoms with Gasteiger partial charge in [-0.3, -0.25) is 0 Å². The summed E-state index contributed by atoms with van der Waals surface area (Å²) in [6, 6.07) is 0. The fraction of sp³-hybridized carbons (Fsp3) is 0.625. The van der Waals surface area contributed by atoms with Gasteiger partial charge in [0.1, 0.15) is 0 Å². The molecule has 1 saturated carbocycles. The van der Waals surface area contributed by atoms with Crippen LogP contribution in [0.1, 0.15) is 46.5 Å². The molecular weight excluding hydrogens is 446 g/mol. The Kier molecular flexibility index (Phi) is 5.01. The first-order valence-corrected chi connectivity index (χ1v) is 9.03. The normalized spacial score (nSPS) is 33.5. The van der Waals surface area contributed by atoms with Gasteiger partial charge in [0.15, 0.2) is 0 Å². The van der Waals surface area contributed by atoms with Crippen molar-refractivity contribution in [3.63, 3.8) is 0 Å². The van der Waals surface area contributed by atoms with E-state index in [1.165, 1.54) is 22.8 Å². The van der Waals surface area contributed by atoms with Crippen LogP contribution in [0.3, 0.4) is 0 Å². The second kappa shape index (κ2) is 5.98. The highest BCUT2D eigenvalue weighted by Gasteiger charge is 2.45. The van der Waals surface area contributed by atoms with E-state index in [9.17, 15) is 0 Å². The second-order valence-electron chi connectivity index (χ2n) is 6.03. The molecule has 0 aromatic rings. The van der Waals surface area contributed by atoms with E-state index in [2.05, 4.69) is 84.2 Å². The fourth-order valence-corrected chi connectivity index (χ4v) is 4.88. The Labute approximate surface area is 139 Å². The van der Waals surface area contributed by atoms with Crippen LogP contribution in [0.4, 0.5) is 0 Å². The molecule has 2 heteroatoms. The molecule has 0 N–H and O–H groups in total. The van der Waals surface area contributed by atoms with E-state index < -0.39 is 0 Å². The zero-order valence-electron chi connectivity index (χ0n) is 11.5. The van der Waals surface area contributed by atoms with Crippen LogP contribution in [0.2, 0.25) is 0 Å². The summed E-state index contributed by atoms with van der Waals surface area (Å²) in [5, 5.41) is 0. The van der Waals surface area contributed by atoms with E-state index in [0.29, 0.717) is 5.41 Å². The monoisotopic (exact) mass is 468 g/mol. The molecule has 0 spiro atoms. The van der Waals surface area contributed by atoms with Crippen LogP contribution in [0.15, 0.2) is 31.0 Å². The van der Waals surface area contributed by atoms with Crippen molar-refractivity contribution in [1.29, 1.82) is 0 Å². The molecule has 0 nitrogen and oxygen atoms in total. The van der Waals surface area contributed by atoms with Crippen molar-refractivity contribution >= 4 is 45.2 Å². The average molecular weight is 468 g/mol. The summed E-state index contributed by atoms with van der Waals surface area (Å²) in [5.41, 5.74) is 2.01. The molecule has 2 rings (SSSR count). The fourth-order valence-electron chi connectivity index (χ4n) is 3.37.